The van der Waals surface area contributed by atoms with Crippen LogP contribution in [0.1, 0.15) is 31.4 Å². The van der Waals surface area contributed by atoms with E-state index in [0.29, 0.717) is 18.6 Å². The lowest BCUT2D eigenvalue weighted by molar-refractivity contribution is -0.143. The maximum Gasteiger partial charge on any atom is 0.240 e. The number of likely N-dealkylation sites (tertiary alicyclic amines) is 1. The first-order valence-corrected chi connectivity index (χ1v) is 8.45. The standard InChI is InChI=1S/C19H22N2O4/c1-12(13-7-5-6-10-16(13)25-2)20-17(22)11-21-18(23)14-8-3-4-9-15(14)19(21)24/h3-7,10,12,14-15H,8-9,11H2,1-2H3,(H,20,22). The summed E-state index contributed by atoms with van der Waals surface area (Å²) in [6, 6.07) is 7.12. The predicted octanol–water partition coefficient (Wildman–Crippen LogP) is 1.82. The van der Waals surface area contributed by atoms with Gasteiger partial charge in [-0.3, -0.25) is 19.3 Å². The second kappa shape index (κ2) is 7.09. The second-order valence-electron chi connectivity index (χ2n) is 6.45. The zero-order valence-electron chi connectivity index (χ0n) is 14.4. The number of amides is 3. The molecular formula is C19H22N2O4. The molecule has 1 aliphatic carbocycles. The normalized spacial score (nSPS) is 23.4. The van der Waals surface area contributed by atoms with Gasteiger partial charge in [-0.05, 0) is 25.8 Å². The third-order valence-electron chi connectivity index (χ3n) is 4.88. The zero-order valence-corrected chi connectivity index (χ0v) is 14.4. The Kier molecular flexibility index (Phi) is 4.88. The molecule has 0 spiro atoms. The van der Waals surface area contributed by atoms with Gasteiger partial charge in [-0.2, -0.15) is 0 Å². The average Bonchev–Trinajstić information content (AvgIpc) is 2.87. The van der Waals surface area contributed by atoms with Crippen molar-refractivity contribution in [3.63, 3.8) is 0 Å². The van der Waals surface area contributed by atoms with E-state index in [1.165, 1.54) is 0 Å². The molecule has 0 aromatic heterocycles. The van der Waals surface area contributed by atoms with Crippen molar-refractivity contribution in [1.29, 1.82) is 0 Å². The van der Waals surface area contributed by atoms with Gasteiger partial charge in [0.2, 0.25) is 17.7 Å². The van der Waals surface area contributed by atoms with Crippen LogP contribution < -0.4 is 10.1 Å². The van der Waals surface area contributed by atoms with Crippen LogP contribution >= 0.6 is 0 Å². The minimum Gasteiger partial charge on any atom is -0.496 e. The van der Waals surface area contributed by atoms with E-state index in [1.54, 1.807) is 7.11 Å². The Hall–Kier alpha value is -2.63. The molecule has 1 aromatic rings. The minimum absolute atomic E-state index is 0.232. The molecule has 3 atom stereocenters. The first-order chi connectivity index (χ1) is 12.0. The van der Waals surface area contributed by atoms with Crippen LogP contribution in [0, 0.1) is 11.8 Å². The zero-order chi connectivity index (χ0) is 18.0. The van der Waals surface area contributed by atoms with Gasteiger partial charge >= 0.3 is 0 Å². The van der Waals surface area contributed by atoms with Crippen molar-refractivity contribution in [3.05, 3.63) is 42.0 Å². The maximum atomic E-state index is 12.4. The van der Waals surface area contributed by atoms with Crippen LogP contribution in [0.2, 0.25) is 0 Å². The maximum absolute atomic E-state index is 12.4. The van der Waals surface area contributed by atoms with Crippen molar-refractivity contribution in [2.24, 2.45) is 11.8 Å². The van der Waals surface area contributed by atoms with Crippen molar-refractivity contribution in [2.45, 2.75) is 25.8 Å². The summed E-state index contributed by atoms with van der Waals surface area (Å²) in [5.74, 6) is -0.764. The van der Waals surface area contributed by atoms with Crippen molar-refractivity contribution < 1.29 is 19.1 Å². The van der Waals surface area contributed by atoms with Crippen LogP contribution in [-0.2, 0) is 14.4 Å². The lowest BCUT2D eigenvalue weighted by Gasteiger charge is -2.19. The van der Waals surface area contributed by atoms with E-state index in [9.17, 15) is 14.4 Å². The predicted molar refractivity (Wildman–Crippen MR) is 91.6 cm³/mol. The van der Waals surface area contributed by atoms with Gasteiger partial charge in [0.1, 0.15) is 12.3 Å². The highest BCUT2D eigenvalue weighted by atomic mass is 16.5. The number of para-hydroxylation sites is 1. The monoisotopic (exact) mass is 342 g/mol. The van der Waals surface area contributed by atoms with Crippen molar-refractivity contribution >= 4 is 17.7 Å². The highest BCUT2D eigenvalue weighted by molar-refractivity contribution is 6.07. The summed E-state index contributed by atoms with van der Waals surface area (Å²) in [4.78, 5) is 38.3. The molecule has 1 N–H and O–H groups in total. The van der Waals surface area contributed by atoms with Crippen LogP contribution in [0.15, 0.2) is 36.4 Å². The lowest BCUT2D eigenvalue weighted by Crippen LogP contribution is -2.41. The number of nitrogens with one attached hydrogen (secondary N) is 1. The third kappa shape index (κ3) is 3.29. The Balaban J connectivity index is 1.65. The van der Waals surface area contributed by atoms with E-state index in [2.05, 4.69) is 5.32 Å². The molecule has 1 fully saturated rings. The van der Waals surface area contributed by atoms with Gasteiger partial charge in [0.05, 0.1) is 25.0 Å². The van der Waals surface area contributed by atoms with Crippen molar-refractivity contribution in [3.8, 4) is 5.75 Å². The van der Waals surface area contributed by atoms with Gasteiger partial charge in [-0.1, -0.05) is 30.4 Å². The average molecular weight is 342 g/mol. The number of carbonyl (C=O) groups excluding carboxylic acids is 3. The van der Waals surface area contributed by atoms with E-state index in [4.69, 9.17) is 4.74 Å². The summed E-state index contributed by atoms with van der Waals surface area (Å²) in [5, 5.41) is 2.84. The van der Waals surface area contributed by atoms with Gasteiger partial charge in [0.25, 0.3) is 0 Å². The molecule has 1 aliphatic heterocycles. The molecule has 3 rings (SSSR count). The molecule has 3 unspecified atom stereocenters. The van der Waals surface area contributed by atoms with E-state index >= 15 is 0 Å². The molecular weight excluding hydrogens is 320 g/mol. The number of allylic oxidation sites excluding steroid dienone is 2. The Morgan fingerprint density at radius 1 is 1.20 bits per heavy atom. The number of fused-ring (bicyclic) bond motifs is 1. The fraction of sp³-hybridized carbons (Fsp3) is 0.421. The van der Waals surface area contributed by atoms with Crippen molar-refractivity contribution in [2.75, 3.05) is 13.7 Å². The molecule has 1 heterocycles. The smallest absolute Gasteiger partial charge is 0.240 e. The molecule has 2 aliphatic rings. The summed E-state index contributed by atoms with van der Waals surface area (Å²) in [6.45, 7) is 1.61. The summed E-state index contributed by atoms with van der Waals surface area (Å²) < 4.78 is 5.30. The molecule has 25 heavy (non-hydrogen) atoms. The topological polar surface area (TPSA) is 75.7 Å². The Bertz CT molecular complexity index is 702. The molecule has 132 valence electrons. The SMILES string of the molecule is COc1ccccc1C(C)NC(=O)CN1C(=O)C2CC=CCC2C1=O. The number of benzene rings is 1. The Morgan fingerprint density at radius 3 is 2.40 bits per heavy atom. The first kappa shape index (κ1) is 17.2. The van der Waals surface area contributed by atoms with Gasteiger partial charge < -0.3 is 10.1 Å². The quantitative estimate of drug-likeness (QED) is 0.654. The van der Waals surface area contributed by atoms with Gasteiger partial charge in [-0.25, -0.2) is 0 Å². The van der Waals surface area contributed by atoms with Crippen LogP contribution in [0.3, 0.4) is 0 Å². The summed E-state index contributed by atoms with van der Waals surface area (Å²) in [5.41, 5.74) is 0.843. The number of imide groups is 1. The molecule has 1 aromatic carbocycles. The molecule has 0 bridgehead atoms. The van der Waals surface area contributed by atoms with Gasteiger partial charge in [0.15, 0.2) is 0 Å². The molecule has 3 amide bonds. The number of hydrogen-bond donors (Lipinski definition) is 1. The highest BCUT2D eigenvalue weighted by Crippen LogP contribution is 2.34. The summed E-state index contributed by atoms with van der Waals surface area (Å²) in [7, 11) is 1.57. The lowest BCUT2D eigenvalue weighted by atomic mass is 9.85. The second-order valence-corrected chi connectivity index (χ2v) is 6.45. The molecule has 0 radical (unpaired) electrons. The summed E-state index contributed by atoms with van der Waals surface area (Å²) in [6.07, 6.45) is 5.01. The largest absolute Gasteiger partial charge is 0.496 e. The molecule has 0 saturated carbocycles. The van der Waals surface area contributed by atoms with Gasteiger partial charge in [-0.15, -0.1) is 0 Å². The van der Waals surface area contributed by atoms with Crippen molar-refractivity contribution in [1.82, 2.24) is 10.2 Å². The first-order valence-electron chi connectivity index (χ1n) is 8.45. The van der Waals surface area contributed by atoms with Crippen LogP contribution in [0.4, 0.5) is 0 Å². The number of carbonyl (C=O) groups is 3. The number of nitrogens with zero attached hydrogens (tertiary/aromatic N) is 1. The van der Waals surface area contributed by atoms with E-state index < -0.39 is 0 Å². The Labute approximate surface area is 146 Å². The number of hydrogen-bond acceptors (Lipinski definition) is 4. The van der Waals surface area contributed by atoms with E-state index in [0.717, 1.165) is 10.5 Å². The number of rotatable bonds is 5. The van der Waals surface area contributed by atoms with E-state index in [-0.39, 0.29) is 42.1 Å². The fourth-order valence-electron chi connectivity index (χ4n) is 3.56. The van der Waals surface area contributed by atoms with Gasteiger partial charge in [0, 0.05) is 5.56 Å². The minimum atomic E-state index is -0.355. The van der Waals surface area contributed by atoms with Crippen LogP contribution in [-0.4, -0.2) is 36.3 Å². The van der Waals surface area contributed by atoms with Crippen LogP contribution in [0.5, 0.6) is 5.75 Å². The number of ether oxygens (including phenoxy) is 1. The third-order valence-corrected chi connectivity index (χ3v) is 4.88. The van der Waals surface area contributed by atoms with Crippen LogP contribution in [0.25, 0.3) is 0 Å². The van der Waals surface area contributed by atoms with E-state index in [1.807, 2.05) is 43.3 Å². The molecule has 6 nitrogen and oxygen atoms in total. The number of methoxy groups -OCH3 is 1. The Morgan fingerprint density at radius 2 is 1.80 bits per heavy atom. The summed E-state index contributed by atoms with van der Waals surface area (Å²) >= 11 is 0. The molecule has 6 heteroatoms. The highest BCUT2D eigenvalue weighted by Gasteiger charge is 2.47. The molecule has 1 saturated heterocycles. The fourth-order valence-corrected chi connectivity index (χ4v) is 3.56.